The Morgan fingerprint density at radius 2 is 1.83 bits per heavy atom. The van der Waals surface area contributed by atoms with Crippen LogP contribution in [0, 0.1) is 0 Å². The van der Waals surface area contributed by atoms with Crippen LogP contribution >= 0.6 is 0 Å². The zero-order valence-electron chi connectivity index (χ0n) is 11.1. The highest BCUT2D eigenvalue weighted by Gasteiger charge is 2.10. The summed E-state index contributed by atoms with van der Waals surface area (Å²) in [6.07, 6.45) is 4.54. The molecule has 1 amide bonds. The van der Waals surface area contributed by atoms with E-state index < -0.39 is 0 Å². The number of carbonyl (C=O) groups is 1. The van der Waals surface area contributed by atoms with Crippen molar-refractivity contribution < 1.29 is 4.79 Å². The summed E-state index contributed by atoms with van der Waals surface area (Å²) in [6, 6.07) is 8.21. The van der Waals surface area contributed by atoms with Crippen molar-refractivity contribution in [2.75, 3.05) is 18.4 Å². The molecule has 98 valence electrons. The van der Waals surface area contributed by atoms with Gasteiger partial charge in [-0.25, -0.2) is 0 Å². The number of likely N-dealkylation sites (tertiary alicyclic amines) is 1. The van der Waals surface area contributed by atoms with Crippen molar-refractivity contribution in [3.63, 3.8) is 0 Å². The number of nitrogens with zero attached hydrogens (tertiary/aromatic N) is 1. The van der Waals surface area contributed by atoms with Gasteiger partial charge in [0, 0.05) is 18.7 Å². The van der Waals surface area contributed by atoms with Crippen LogP contribution in [0.5, 0.6) is 0 Å². The number of hydrogen-bond donors (Lipinski definition) is 1. The van der Waals surface area contributed by atoms with Gasteiger partial charge in [-0.15, -0.1) is 0 Å². The molecule has 1 N–H and O–H groups in total. The maximum absolute atomic E-state index is 11.3. The second kappa shape index (κ2) is 6.55. The number of hydrogen-bond acceptors (Lipinski definition) is 2. The summed E-state index contributed by atoms with van der Waals surface area (Å²) >= 11 is 0. The van der Waals surface area contributed by atoms with E-state index in [1.165, 1.54) is 37.9 Å². The third-order valence-corrected chi connectivity index (χ3v) is 3.41. The molecule has 0 saturated carbocycles. The maximum Gasteiger partial charge on any atom is 0.224 e. The van der Waals surface area contributed by atoms with Crippen LogP contribution in [-0.4, -0.2) is 23.9 Å². The van der Waals surface area contributed by atoms with Gasteiger partial charge in [0.1, 0.15) is 0 Å². The van der Waals surface area contributed by atoms with Crippen molar-refractivity contribution in [2.24, 2.45) is 0 Å². The number of amides is 1. The minimum atomic E-state index is 0.0683. The standard InChI is InChI=1S/C15H22N2O/c1-2-15(18)16-14-8-6-13(7-9-14)12-17-10-4-3-5-11-17/h6-9H,2-5,10-12H2,1H3,(H,16,18). The average molecular weight is 246 g/mol. The summed E-state index contributed by atoms with van der Waals surface area (Å²) in [5.74, 6) is 0.0683. The monoisotopic (exact) mass is 246 g/mol. The number of carbonyl (C=O) groups excluding carboxylic acids is 1. The van der Waals surface area contributed by atoms with Gasteiger partial charge in [-0.05, 0) is 43.6 Å². The van der Waals surface area contributed by atoms with E-state index in [1.807, 2.05) is 19.1 Å². The lowest BCUT2D eigenvalue weighted by atomic mass is 10.1. The van der Waals surface area contributed by atoms with Gasteiger partial charge in [0.15, 0.2) is 0 Å². The highest BCUT2D eigenvalue weighted by Crippen LogP contribution is 2.15. The van der Waals surface area contributed by atoms with Gasteiger partial charge in [0.2, 0.25) is 5.91 Å². The first-order valence-electron chi connectivity index (χ1n) is 6.89. The minimum absolute atomic E-state index is 0.0683. The molecule has 0 unspecified atom stereocenters. The molecule has 0 spiro atoms. The average Bonchev–Trinajstić information content (AvgIpc) is 2.42. The lowest BCUT2D eigenvalue weighted by molar-refractivity contribution is -0.115. The van der Waals surface area contributed by atoms with Gasteiger partial charge in [-0.2, -0.15) is 0 Å². The summed E-state index contributed by atoms with van der Waals surface area (Å²) in [5.41, 5.74) is 2.22. The lowest BCUT2D eigenvalue weighted by Crippen LogP contribution is -2.29. The third-order valence-electron chi connectivity index (χ3n) is 3.41. The Morgan fingerprint density at radius 1 is 1.17 bits per heavy atom. The molecule has 1 aliphatic heterocycles. The normalized spacial score (nSPS) is 16.5. The molecule has 1 aliphatic rings. The smallest absolute Gasteiger partial charge is 0.224 e. The molecule has 0 aliphatic carbocycles. The fraction of sp³-hybridized carbons (Fsp3) is 0.533. The Hall–Kier alpha value is -1.35. The van der Waals surface area contributed by atoms with E-state index >= 15 is 0 Å². The van der Waals surface area contributed by atoms with Crippen LogP contribution in [0.3, 0.4) is 0 Å². The summed E-state index contributed by atoms with van der Waals surface area (Å²) in [6.45, 7) is 5.32. The first-order valence-corrected chi connectivity index (χ1v) is 6.89. The van der Waals surface area contributed by atoms with E-state index in [1.54, 1.807) is 0 Å². The number of piperidine rings is 1. The third kappa shape index (κ3) is 3.84. The number of rotatable bonds is 4. The van der Waals surface area contributed by atoms with Gasteiger partial charge in [0.05, 0.1) is 0 Å². The Kier molecular flexibility index (Phi) is 4.76. The first-order chi connectivity index (χ1) is 8.78. The molecule has 3 nitrogen and oxygen atoms in total. The Morgan fingerprint density at radius 3 is 2.44 bits per heavy atom. The minimum Gasteiger partial charge on any atom is -0.326 e. The SMILES string of the molecule is CCC(=O)Nc1ccc(CN2CCCCC2)cc1. The predicted molar refractivity (Wildman–Crippen MR) is 74.5 cm³/mol. The molecule has 2 rings (SSSR count). The molecule has 1 aromatic carbocycles. The Labute approximate surface area is 109 Å². The van der Waals surface area contributed by atoms with E-state index in [2.05, 4.69) is 22.3 Å². The fourth-order valence-electron chi connectivity index (χ4n) is 2.32. The zero-order chi connectivity index (χ0) is 12.8. The Balaban J connectivity index is 1.88. The number of anilines is 1. The van der Waals surface area contributed by atoms with Crippen LogP contribution < -0.4 is 5.32 Å². The quantitative estimate of drug-likeness (QED) is 0.885. The van der Waals surface area contributed by atoms with E-state index in [0.29, 0.717) is 6.42 Å². The second-order valence-electron chi connectivity index (χ2n) is 4.94. The van der Waals surface area contributed by atoms with Crippen molar-refractivity contribution in [2.45, 2.75) is 39.2 Å². The maximum atomic E-state index is 11.3. The largest absolute Gasteiger partial charge is 0.326 e. The van der Waals surface area contributed by atoms with Gasteiger partial charge < -0.3 is 5.32 Å². The lowest BCUT2D eigenvalue weighted by Gasteiger charge is -2.26. The fourth-order valence-corrected chi connectivity index (χ4v) is 2.32. The van der Waals surface area contributed by atoms with Gasteiger partial charge >= 0.3 is 0 Å². The van der Waals surface area contributed by atoms with Crippen LogP contribution in [0.1, 0.15) is 38.2 Å². The van der Waals surface area contributed by atoms with Crippen LogP contribution in [0.2, 0.25) is 0 Å². The van der Waals surface area contributed by atoms with Gasteiger partial charge in [0.25, 0.3) is 0 Å². The topological polar surface area (TPSA) is 32.3 Å². The molecule has 0 bridgehead atoms. The van der Waals surface area contributed by atoms with E-state index in [-0.39, 0.29) is 5.91 Å². The molecule has 1 saturated heterocycles. The molecule has 1 aromatic rings. The first kappa shape index (κ1) is 13.1. The Bertz CT molecular complexity index is 380. The van der Waals surface area contributed by atoms with Crippen molar-refractivity contribution in [1.82, 2.24) is 4.90 Å². The highest BCUT2D eigenvalue weighted by molar-refractivity contribution is 5.90. The molecule has 18 heavy (non-hydrogen) atoms. The second-order valence-corrected chi connectivity index (χ2v) is 4.94. The van der Waals surface area contributed by atoms with Crippen LogP contribution in [0.15, 0.2) is 24.3 Å². The van der Waals surface area contributed by atoms with E-state index in [9.17, 15) is 4.79 Å². The molecule has 1 fully saturated rings. The zero-order valence-corrected chi connectivity index (χ0v) is 11.1. The molecule has 0 radical (unpaired) electrons. The highest BCUT2D eigenvalue weighted by atomic mass is 16.1. The summed E-state index contributed by atoms with van der Waals surface area (Å²) < 4.78 is 0. The van der Waals surface area contributed by atoms with Gasteiger partial charge in [-0.3, -0.25) is 9.69 Å². The summed E-state index contributed by atoms with van der Waals surface area (Å²) in [5, 5.41) is 2.87. The van der Waals surface area contributed by atoms with Gasteiger partial charge in [-0.1, -0.05) is 25.5 Å². The van der Waals surface area contributed by atoms with Crippen molar-refractivity contribution in [1.29, 1.82) is 0 Å². The summed E-state index contributed by atoms with van der Waals surface area (Å²) in [4.78, 5) is 13.8. The molecular weight excluding hydrogens is 224 g/mol. The van der Waals surface area contributed by atoms with E-state index in [0.717, 1.165) is 12.2 Å². The molecule has 0 atom stereocenters. The van der Waals surface area contributed by atoms with Crippen LogP contribution in [-0.2, 0) is 11.3 Å². The number of benzene rings is 1. The predicted octanol–water partition coefficient (Wildman–Crippen LogP) is 3.02. The van der Waals surface area contributed by atoms with Crippen molar-refractivity contribution in [3.05, 3.63) is 29.8 Å². The number of nitrogens with one attached hydrogen (secondary N) is 1. The molecule has 3 heteroatoms. The van der Waals surface area contributed by atoms with E-state index in [4.69, 9.17) is 0 Å². The van der Waals surface area contributed by atoms with Crippen LogP contribution in [0.4, 0.5) is 5.69 Å². The van der Waals surface area contributed by atoms with Crippen molar-refractivity contribution in [3.8, 4) is 0 Å². The molecular formula is C15H22N2O. The molecule has 0 aromatic heterocycles. The van der Waals surface area contributed by atoms with Crippen molar-refractivity contribution >= 4 is 11.6 Å². The van der Waals surface area contributed by atoms with Crippen LogP contribution in [0.25, 0.3) is 0 Å². The molecule has 1 heterocycles. The summed E-state index contributed by atoms with van der Waals surface area (Å²) in [7, 11) is 0.